The van der Waals surface area contributed by atoms with Gasteiger partial charge in [-0.15, -0.1) is 0 Å². The van der Waals surface area contributed by atoms with Gasteiger partial charge in [-0.05, 0) is 44.9 Å². The average molecular weight is 876 g/mol. The van der Waals surface area contributed by atoms with Gasteiger partial charge < -0.3 is 14.2 Å². The molecular formula is C57H110O5. The van der Waals surface area contributed by atoms with Crippen LogP contribution < -0.4 is 0 Å². The lowest BCUT2D eigenvalue weighted by atomic mass is 10.0. The molecule has 0 saturated heterocycles. The maximum atomic E-state index is 12.6. The van der Waals surface area contributed by atoms with Gasteiger partial charge in [0.2, 0.25) is 0 Å². The van der Waals surface area contributed by atoms with Crippen molar-refractivity contribution < 1.29 is 23.8 Å². The van der Waals surface area contributed by atoms with Crippen LogP contribution in [0.25, 0.3) is 0 Å². The van der Waals surface area contributed by atoms with Gasteiger partial charge in [0.05, 0.1) is 0 Å². The predicted molar refractivity (Wildman–Crippen MR) is 270 cm³/mol. The SMILES string of the molecule is CCCCCC/C=C\CCCCCCCC(=O)OC[C@H](COC(=O)CCCCCCCCCCCCCCCCCCC)OCCCCCCCCCCCCCCCCCC. The summed E-state index contributed by atoms with van der Waals surface area (Å²) in [5.41, 5.74) is 0. The van der Waals surface area contributed by atoms with Crippen LogP contribution in [0.4, 0.5) is 0 Å². The van der Waals surface area contributed by atoms with E-state index in [1.54, 1.807) is 0 Å². The Hall–Kier alpha value is -1.36. The van der Waals surface area contributed by atoms with E-state index in [4.69, 9.17) is 14.2 Å². The van der Waals surface area contributed by atoms with Crippen molar-refractivity contribution in [3.05, 3.63) is 12.2 Å². The van der Waals surface area contributed by atoms with E-state index in [9.17, 15) is 9.59 Å². The Balaban J connectivity index is 4.19. The van der Waals surface area contributed by atoms with E-state index in [0.29, 0.717) is 19.4 Å². The van der Waals surface area contributed by atoms with Crippen LogP contribution in [0.15, 0.2) is 12.2 Å². The van der Waals surface area contributed by atoms with Crippen LogP contribution >= 0.6 is 0 Å². The topological polar surface area (TPSA) is 61.8 Å². The molecular weight excluding hydrogens is 765 g/mol. The van der Waals surface area contributed by atoms with Gasteiger partial charge in [-0.25, -0.2) is 0 Å². The fourth-order valence-corrected chi connectivity index (χ4v) is 8.54. The molecule has 0 fully saturated rings. The number of hydrogen-bond acceptors (Lipinski definition) is 5. The van der Waals surface area contributed by atoms with Crippen molar-refractivity contribution in [2.24, 2.45) is 0 Å². The number of hydrogen-bond donors (Lipinski definition) is 0. The highest BCUT2D eigenvalue weighted by atomic mass is 16.6. The Kier molecular flexibility index (Phi) is 52.8. The van der Waals surface area contributed by atoms with Crippen molar-refractivity contribution in [2.75, 3.05) is 19.8 Å². The molecule has 368 valence electrons. The van der Waals surface area contributed by atoms with Gasteiger partial charge in [-0.2, -0.15) is 0 Å². The smallest absolute Gasteiger partial charge is 0.305 e. The molecule has 0 heterocycles. The molecule has 0 aliphatic carbocycles. The standard InChI is InChI=1S/C57H110O5/c1-4-7-10-13-16-19-22-25-27-29-30-33-36-39-42-45-48-51-57(59)62-54-55(53-61-56(58)50-47-44-41-38-35-32-24-21-18-15-12-9-6-3)60-52-49-46-43-40-37-34-31-28-26-23-20-17-14-11-8-5-2/h21,24,55H,4-20,22-23,25-54H2,1-3H3/b24-21-/t55-/m1/s1. The molecule has 0 rings (SSSR count). The maximum absolute atomic E-state index is 12.6. The van der Waals surface area contributed by atoms with Crippen LogP contribution in [0.2, 0.25) is 0 Å². The van der Waals surface area contributed by atoms with Crippen molar-refractivity contribution in [1.29, 1.82) is 0 Å². The van der Waals surface area contributed by atoms with E-state index in [1.165, 1.54) is 238 Å². The molecule has 0 radical (unpaired) electrons. The van der Waals surface area contributed by atoms with Crippen LogP contribution in [-0.2, 0) is 23.8 Å². The van der Waals surface area contributed by atoms with E-state index >= 15 is 0 Å². The lowest BCUT2D eigenvalue weighted by Crippen LogP contribution is -2.29. The van der Waals surface area contributed by atoms with Crippen LogP contribution in [0.5, 0.6) is 0 Å². The lowest BCUT2D eigenvalue weighted by Gasteiger charge is -2.18. The second-order valence-electron chi connectivity index (χ2n) is 19.2. The Labute approximate surface area is 388 Å². The predicted octanol–water partition coefficient (Wildman–Crippen LogP) is 19.0. The van der Waals surface area contributed by atoms with Crippen molar-refractivity contribution in [2.45, 2.75) is 322 Å². The molecule has 0 aromatic heterocycles. The van der Waals surface area contributed by atoms with Crippen LogP contribution in [0.3, 0.4) is 0 Å². The largest absolute Gasteiger partial charge is 0.463 e. The van der Waals surface area contributed by atoms with Crippen LogP contribution in [0.1, 0.15) is 316 Å². The molecule has 1 atom stereocenters. The molecule has 0 bridgehead atoms. The Bertz CT molecular complexity index is 902. The number of esters is 2. The fraction of sp³-hybridized carbons (Fsp3) is 0.930. The van der Waals surface area contributed by atoms with Crippen molar-refractivity contribution in [3.63, 3.8) is 0 Å². The number of ether oxygens (including phenoxy) is 3. The number of carbonyl (C=O) groups excluding carboxylic acids is 2. The highest BCUT2D eigenvalue weighted by Gasteiger charge is 2.16. The summed E-state index contributed by atoms with van der Waals surface area (Å²) in [7, 11) is 0. The minimum atomic E-state index is -0.394. The van der Waals surface area contributed by atoms with Crippen molar-refractivity contribution >= 4 is 11.9 Å². The lowest BCUT2D eigenvalue weighted by molar-refractivity contribution is -0.155. The molecule has 0 aliphatic heterocycles. The number of rotatable bonds is 53. The van der Waals surface area contributed by atoms with Crippen LogP contribution in [0, 0.1) is 0 Å². The number of allylic oxidation sites excluding steroid dienone is 2. The second-order valence-corrected chi connectivity index (χ2v) is 19.2. The van der Waals surface area contributed by atoms with Gasteiger partial charge in [0.15, 0.2) is 0 Å². The molecule has 0 aromatic carbocycles. The van der Waals surface area contributed by atoms with Gasteiger partial charge in [0, 0.05) is 19.4 Å². The van der Waals surface area contributed by atoms with E-state index in [-0.39, 0.29) is 25.2 Å². The third-order valence-corrected chi connectivity index (χ3v) is 12.8. The highest BCUT2D eigenvalue weighted by molar-refractivity contribution is 5.69. The molecule has 0 N–H and O–H groups in total. The van der Waals surface area contributed by atoms with Gasteiger partial charge in [0.25, 0.3) is 0 Å². The summed E-state index contributed by atoms with van der Waals surface area (Å²) in [6, 6.07) is 0. The minimum Gasteiger partial charge on any atom is -0.463 e. The second kappa shape index (κ2) is 54.0. The van der Waals surface area contributed by atoms with Crippen LogP contribution in [-0.4, -0.2) is 37.9 Å². The molecule has 62 heavy (non-hydrogen) atoms. The van der Waals surface area contributed by atoms with E-state index in [0.717, 1.165) is 44.9 Å². The van der Waals surface area contributed by atoms with E-state index in [1.807, 2.05) is 0 Å². The Morgan fingerprint density at radius 1 is 0.323 bits per heavy atom. The van der Waals surface area contributed by atoms with E-state index in [2.05, 4.69) is 32.9 Å². The molecule has 0 saturated carbocycles. The average Bonchev–Trinajstić information content (AvgIpc) is 3.28. The summed E-state index contributed by atoms with van der Waals surface area (Å²) < 4.78 is 17.5. The third-order valence-electron chi connectivity index (χ3n) is 12.8. The van der Waals surface area contributed by atoms with Crippen molar-refractivity contribution in [1.82, 2.24) is 0 Å². The summed E-state index contributed by atoms with van der Waals surface area (Å²) in [6.07, 6.45) is 62.5. The van der Waals surface area contributed by atoms with Crippen molar-refractivity contribution in [3.8, 4) is 0 Å². The normalized spacial score (nSPS) is 12.1. The monoisotopic (exact) mass is 875 g/mol. The summed E-state index contributed by atoms with van der Waals surface area (Å²) in [6.45, 7) is 7.78. The number of unbranched alkanes of at least 4 members (excludes halogenated alkanes) is 40. The van der Waals surface area contributed by atoms with Gasteiger partial charge >= 0.3 is 11.9 Å². The molecule has 0 unspecified atom stereocenters. The zero-order valence-corrected chi connectivity index (χ0v) is 42.4. The molecule has 5 nitrogen and oxygen atoms in total. The molecule has 0 aromatic rings. The zero-order chi connectivity index (χ0) is 44.9. The first kappa shape index (κ1) is 60.6. The number of carbonyl (C=O) groups is 2. The summed E-state index contributed by atoms with van der Waals surface area (Å²) >= 11 is 0. The molecule has 0 amide bonds. The quantitative estimate of drug-likeness (QED) is 0.0346. The molecule has 5 heteroatoms. The Morgan fingerprint density at radius 3 is 0.871 bits per heavy atom. The van der Waals surface area contributed by atoms with E-state index < -0.39 is 6.10 Å². The highest BCUT2D eigenvalue weighted by Crippen LogP contribution is 2.17. The Morgan fingerprint density at radius 2 is 0.565 bits per heavy atom. The van der Waals surface area contributed by atoms with Gasteiger partial charge in [0.1, 0.15) is 19.3 Å². The first-order valence-corrected chi connectivity index (χ1v) is 28.2. The summed E-state index contributed by atoms with van der Waals surface area (Å²) in [4.78, 5) is 25.2. The first-order chi connectivity index (χ1) is 30.6. The summed E-state index contributed by atoms with van der Waals surface area (Å²) in [5, 5.41) is 0. The maximum Gasteiger partial charge on any atom is 0.305 e. The third kappa shape index (κ3) is 51.3. The minimum absolute atomic E-state index is 0.157. The summed E-state index contributed by atoms with van der Waals surface area (Å²) in [5.74, 6) is -0.322. The molecule has 0 aliphatic rings. The van der Waals surface area contributed by atoms with Gasteiger partial charge in [-0.3, -0.25) is 9.59 Å². The first-order valence-electron chi connectivity index (χ1n) is 28.2. The zero-order valence-electron chi connectivity index (χ0n) is 42.4. The van der Waals surface area contributed by atoms with Gasteiger partial charge in [-0.1, -0.05) is 270 Å². The molecule has 0 spiro atoms. The fourth-order valence-electron chi connectivity index (χ4n) is 8.54.